The lowest BCUT2D eigenvalue weighted by Crippen LogP contribution is -2.28. The molecule has 0 aliphatic heterocycles. The lowest BCUT2D eigenvalue weighted by atomic mass is 10.2. The largest absolute Gasteiger partial charge is 0.383 e. The van der Waals surface area contributed by atoms with E-state index in [9.17, 15) is 4.79 Å². The van der Waals surface area contributed by atoms with E-state index in [4.69, 9.17) is 4.74 Å². The first-order valence-corrected chi connectivity index (χ1v) is 7.71. The molecular formula is C16H20N2O2S. The summed E-state index contributed by atoms with van der Waals surface area (Å²) >= 11 is 1.58. The molecule has 0 saturated carbocycles. The van der Waals surface area contributed by atoms with Gasteiger partial charge in [0.15, 0.2) is 0 Å². The van der Waals surface area contributed by atoms with Crippen LogP contribution in [0.15, 0.2) is 24.3 Å². The zero-order valence-electron chi connectivity index (χ0n) is 12.6. The van der Waals surface area contributed by atoms with Crippen LogP contribution >= 0.6 is 11.3 Å². The summed E-state index contributed by atoms with van der Waals surface area (Å²) in [5.41, 5.74) is 3.25. The summed E-state index contributed by atoms with van der Waals surface area (Å²) in [7, 11) is 1.62. The van der Waals surface area contributed by atoms with Crippen LogP contribution in [-0.2, 0) is 16.0 Å². The molecule has 1 aromatic carbocycles. The van der Waals surface area contributed by atoms with Gasteiger partial charge < -0.3 is 10.1 Å². The molecule has 0 fully saturated rings. The minimum absolute atomic E-state index is 0.00857. The molecule has 1 aromatic heterocycles. The van der Waals surface area contributed by atoms with E-state index < -0.39 is 0 Å². The molecule has 0 atom stereocenters. The normalized spacial score (nSPS) is 10.6. The second kappa shape index (κ2) is 7.33. The number of methoxy groups -OCH3 is 1. The van der Waals surface area contributed by atoms with Crippen molar-refractivity contribution in [3.8, 4) is 10.6 Å². The number of nitrogens with one attached hydrogen (secondary N) is 1. The van der Waals surface area contributed by atoms with Crippen molar-refractivity contribution in [2.75, 3.05) is 20.3 Å². The van der Waals surface area contributed by atoms with Gasteiger partial charge in [-0.3, -0.25) is 4.79 Å². The van der Waals surface area contributed by atoms with Crippen LogP contribution in [-0.4, -0.2) is 31.2 Å². The highest BCUT2D eigenvalue weighted by atomic mass is 32.1. The Morgan fingerprint density at radius 2 is 2.00 bits per heavy atom. The molecule has 0 unspecified atom stereocenters. The van der Waals surface area contributed by atoms with Crippen LogP contribution in [0.5, 0.6) is 0 Å². The third kappa shape index (κ3) is 4.37. The minimum Gasteiger partial charge on any atom is -0.383 e. The van der Waals surface area contributed by atoms with E-state index in [2.05, 4.69) is 41.5 Å². The number of ether oxygens (including phenoxy) is 1. The summed E-state index contributed by atoms with van der Waals surface area (Å²) < 4.78 is 4.91. The zero-order valence-corrected chi connectivity index (χ0v) is 13.4. The van der Waals surface area contributed by atoms with Gasteiger partial charge in [0.25, 0.3) is 0 Å². The van der Waals surface area contributed by atoms with Gasteiger partial charge >= 0.3 is 0 Å². The van der Waals surface area contributed by atoms with Crippen molar-refractivity contribution < 1.29 is 9.53 Å². The van der Waals surface area contributed by atoms with Crippen molar-refractivity contribution in [2.45, 2.75) is 20.3 Å². The van der Waals surface area contributed by atoms with Crippen molar-refractivity contribution in [2.24, 2.45) is 0 Å². The number of carbonyl (C=O) groups is 1. The molecule has 1 N–H and O–H groups in total. The number of benzene rings is 1. The van der Waals surface area contributed by atoms with Gasteiger partial charge in [-0.25, -0.2) is 4.98 Å². The quantitative estimate of drug-likeness (QED) is 0.835. The number of hydrogen-bond donors (Lipinski definition) is 1. The van der Waals surface area contributed by atoms with Crippen molar-refractivity contribution in [1.82, 2.24) is 10.3 Å². The lowest BCUT2D eigenvalue weighted by molar-refractivity contribution is -0.120. The van der Waals surface area contributed by atoms with Crippen molar-refractivity contribution >= 4 is 17.2 Å². The molecule has 112 valence electrons. The zero-order chi connectivity index (χ0) is 15.2. The van der Waals surface area contributed by atoms with E-state index in [0.717, 1.165) is 21.1 Å². The smallest absolute Gasteiger partial charge is 0.225 e. The van der Waals surface area contributed by atoms with Gasteiger partial charge in [-0.1, -0.05) is 29.8 Å². The molecule has 0 aliphatic rings. The molecule has 2 aromatic rings. The van der Waals surface area contributed by atoms with Crippen LogP contribution < -0.4 is 5.32 Å². The molecule has 0 saturated heterocycles. The number of hydrogen-bond acceptors (Lipinski definition) is 4. The molecule has 0 radical (unpaired) electrons. The van der Waals surface area contributed by atoms with Crippen LogP contribution in [0.1, 0.15) is 16.1 Å². The molecule has 1 amide bonds. The SMILES string of the molecule is COCCNC(=O)Cc1sc(-c2ccc(C)cc2)nc1C. The van der Waals surface area contributed by atoms with Crippen LogP contribution in [0.4, 0.5) is 0 Å². The molecule has 0 spiro atoms. The van der Waals surface area contributed by atoms with Crippen molar-refractivity contribution in [1.29, 1.82) is 0 Å². The average Bonchev–Trinajstić information content (AvgIpc) is 2.81. The monoisotopic (exact) mass is 304 g/mol. The van der Waals surface area contributed by atoms with Crippen molar-refractivity contribution in [3.63, 3.8) is 0 Å². The Hall–Kier alpha value is -1.72. The number of thiazole rings is 1. The molecule has 1 heterocycles. The first-order chi connectivity index (χ1) is 10.1. The number of aromatic nitrogens is 1. The highest BCUT2D eigenvalue weighted by Crippen LogP contribution is 2.28. The topological polar surface area (TPSA) is 51.2 Å². The Bertz CT molecular complexity index is 605. The fourth-order valence-corrected chi connectivity index (χ4v) is 2.98. The molecule has 4 nitrogen and oxygen atoms in total. The summed E-state index contributed by atoms with van der Waals surface area (Å²) in [5, 5.41) is 3.80. The first kappa shape index (κ1) is 15.7. The van der Waals surface area contributed by atoms with Gasteiger partial charge in [-0.2, -0.15) is 0 Å². The van der Waals surface area contributed by atoms with E-state index in [0.29, 0.717) is 19.6 Å². The second-order valence-electron chi connectivity index (χ2n) is 4.91. The van der Waals surface area contributed by atoms with Crippen molar-refractivity contribution in [3.05, 3.63) is 40.4 Å². The Balaban J connectivity index is 2.05. The van der Waals surface area contributed by atoms with E-state index >= 15 is 0 Å². The van der Waals surface area contributed by atoms with Gasteiger partial charge in [-0.05, 0) is 13.8 Å². The van der Waals surface area contributed by atoms with Crippen LogP contribution in [0.25, 0.3) is 10.6 Å². The minimum atomic E-state index is 0.00857. The summed E-state index contributed by atoms with van der Waals surface area (Å²) in [5.74, 6) is 0.00857. The van der Waals surface area contributed by atoms with Gasteiger partial charge in [0.2, 0.25) is 5.91 Å². The summed E-state index contributed by atoms with van der Waals surface area (Å²) in [6.07, 6.45) is 0.374. The number of carbonyl (C=O) groups excluding carboxylic acids is 1. The third-order valence-electron chi connectivity index (χ3n) is 3.14. The Morgan fingerprint density at radius 1 is 1.29 bits per heavy atom. The van der Waals surface area contributed by atoms with E-state index in [1.54, 1.807) is 18.4 Å². The fraction of sp³-hybridized carbons (Fsp3) is 0.375. The van der Waals surface area contributed by atoms with Gasteiger partial charge in [0.05, 0.1) is 18.7 Å². The van der Waals surface area contributed by atoms with Crippen LogP contribution in [0, 0.1) is 13.8 Å². The standard InChI is InChI=1S/C16H20N2O2S/c1-11-4-6-13(7-5-11)16-18-12(2)14(21-16)10-15(19)17-8-9-20-3/h4-7H,8-10H2,1-3H3,(H,17,19). The predicted octanol–water partition coefficient (Wildman–Crippen LogP) is 2.73. The number of amides is 1. The van der Waals surface area contributed by atoms with E-state index in [1.807, 2.05) is 6.92 Å². The van der Waals surface area contributed by atoms with Gasteiger partial charge in [0.1, 0.15) is 5.01 Å². The van der Waals surface area contributed by atoms with E-state index in [1.165, 1.54) is 5.56 Å². The van der Waals surface area contributed by atoms with E-state index in [-0.39, 0.29) is 5.91 Å². The maximum atomic E-state index is 11.8. The molecule has 5 heteroatoms. The molecule has 0 bridgehead atoms. The Morgan fingerprint density at radius 3 is 2.67 bits per heavy atom. The number of nitrogens with zero attached hydrogens (tertiary/aromatic N) is 1. The number of aryl methyl sites for hydroxylation is 2. The lowest BCUT2D eigenvalue weighted by Gasteiger charge is -2.03. The highest BCUT2D eigenvalue weighted by molar-refractivity contribution is 7.15. The van der Waals surface area contributed by atoms with Gasteiger partial charge in [-0.15, -0.1) is 11.3 Å². The molecular weight excluding hydrogens is 284 g/mol. The predicted molar refractivity (Wildman–Crippen MR) is 85.6 cm³/mol. The van der Waals surface area contributed by atoms with Gasteiger partial charge in [0, 0.05) is 24.1 Å². The Kier molecular flexibility index (Phi) is 5.47. The molecule has 2 rings (SSSR count). The first-order valence-electron chi connectivity index (χ1n) is 6.89. The Labute approximate surface area is 129 Å². The highest BCUT2D eigenvalue weighted by Gasteiger charge is 2.12. The summed E-state index contributed by atoms with van der Waals surface area (Å²) in [6.45, 7) is 5.08. The maximum absolute atomic E-state index is 11.8. The third-order valence-corrected chi connectivity index (χ3v) is 4.35. The molecule has 21 heavy (non-hydrogen) atoms. The fourth-order valence-electron chi connectivity index (χ4n) is 1.91. The maximum Gasteiger partial charge on any atom is 0.225 e. The second-order valence-corrected chi connectivity index (χ2v) is 6.00. The number of rotatable bonds is 6. The molecule has 0 aliphatic carbocycles. The van der Waals surface area contributed by atoms with Crippen LogP contribution in [0.3, 0.4) is 0 Å². The summed E-state index contributed by atoms with van der Waals surface area (Å²) in [6, 6.07) is 8.28. The summed E-state index contributed by atoms with van der Waals surface area (Å²) in [4.78, 5) is 17.4. The average molecular weight is 304 g/mol. The van der Waals surface area contributed by atoms with Crippen LogP contribution in [0.2, 0.25) is 0 Å².